The zero-order valence-corrected chi connectivity index (χ0v) is 19.7. The molecule has 3 N–H and O–H groups in total. The van der Waals surface area contributed by atoms with Crippen LogP contribution in [0.15, 0.2) is 36.1 Å². The molecule has 11 heteroatoms. The van der Waals surface area contributed by atoms with Gasteiger partial charge in [0.05, 0.1) is 23.7 Å². The van der Waals surface area contributed by atoms with Crippen molar-refractivity contribution in [2.75, 3.05) is 17.6 Å². The molecule has 1 heterocycles. The molecule has 0 bridgehead atoms. The van der Waals surface area contributed by atoms with Gasteiger partial charge >= 0.3 is 5.97 Å². The number of hydrogen-bond acceptors (Lipinski definition) is 7. The minimum Gasteiger partial charge on any atom is -0.512 e. The maximum Gasteiger partial charge on any atom is 0.311 e. The maximum absolute atomic E-state index is 13.5. The predicted molar refractivity (Wildman–Crippen MR) is 122 cm³/mol. The van der Waals surface area contributed by atoms with Crippen molar-refractivity contribution in [2.24, 2.45) is 0 Å². The molecule has 1 aromatic heterocycles. The molecule has 1 aromatic carbocycles. The number of nitrogens with zero attached hydrogens (tertiary/aromatic N) is 3. The van der Waals surface area contributed by atoms with Crippen LogP contribution in [0.4, 0.5) is 10.3 Å². The summed E-state index contributed by atoms with van der Waals surface area (Å²) in [6.07, 6.45) is 0.703. The molecular formula is C22H28FN3O6S. The highest BCUT2D eigenvalue weighted by Gasteiger charge is 2.23. The second kappa shape index (κ2) is 10.7. The average Bonchev–Trinajstić information content (AvgIpc) is 2.70. The average molecular weight is 482 g/mol. The van der Waals surface area contributed by atoms with E-state index in [0.717, 1.165) is 16.6 Å². The number of carboxylic acids is 1. The topological polar surface area (TPSA) is 141 Å². The number of sulfonamides is 1. The van der Waals surface area contributed by atoms with Crippen molar-refractivity contribution in [1.29, 1.82) is 0 Å². The Morgan fingerprint density at radius 1 is 1.18 bits per heavy atom. The first-order chi connectivity index (χ1) is 15.3. The summed E-state index contributed by atoms with van der Waals surface area (Å²) in [6.45, 7) is 3.75. The van der Waals surface area contributed by atoms with Gasteiger partial charge in [-0.05, 0) is 49.1 Å². The molecule has 0 amide bonds. The molecule has 1 atom stereocenters. The lowest BCUT2D eigenvalue weighted by molar-refractivity contribution is -0.136. The largest absolute Gasteiger partial charge is 0.512 e. The summed E-state index contributed by atoms with van der Waals surface area (Å²) in [5.74, 6) is -2.30. The minimum absolute atomic E-state index is 0.0381. The molecule has 180 valence electrons. The summed E-state index contributed by atoms with van der Waals surface area (Å²) in [4.78, 5) is 19.6. The fourth-order valence-electron chi connectivity index (χ4n) is 3.16. The van der Waals surface area contributed by atoms with Crippen LogP contribution in [0.3, 0.4) is 0 Å². The number of halogens is 1. The molecule has 0 spiro atoms. The number of rotatable bonds is 10. The number of benzene rings is 1. The number of aliphatic carboxylic acids is 1. The van der Waals surface area contributed by atoms with Crippen molar-refractivity contribution in [3.63, 3.8) is 0 Å². The standard InChI is InChI=1S/C22H28FN3O6S/c1-13(2)20-18(10-9-16(27)11-17(28)12-19(29)30)21(14-5-7-15(23)8-6-14)25-22(24-20)26(3)33(4,31)32/h5-8,11,13,16,27-28H,9-10,12H2,1-4H3,(H,29,30)/b17-11-/t16-/m0/s1. The van der Waals surface area contributed by atoms with Gasteiger partial charge in [0.2, 0.25) is 16.0 Å². The van der Waals surface area contributed by atoms with Crippen LogP contribution < -0.4 is 4.31 Å². The van der Waals surface area contributed by atoms with Crippen molar-refractivity contribution in [3.8, 4) is 11.3 Å². The minimum atomic E-state index is -3.64. The zero-order valence-electron chi connectivity index (χ0n) is 18.9. The van der Waals surface area contributed by atoms with Crippen LogP contribution in [0.5, 0.6) is 0 Å². The number of hydrogen-bond donors (Lipinski definition) is 3. The van der Waals surface area contributed by atoms with Crippen molar-refractivity contribution in [2.45, 2.75) is 45.1 Å². The van der Waals surface area contributed by atoms with Crippen molar-refractivity contribution in [3.05, 3.63) is 53.2 Å². The summed E-state index contributed by atoms with van der Waals surface area (Å²) in [6, 6.07) is 5.56. The SMILES string of the molecule is CC(C)c1nc(N(C)S(C)(=O)=O)nc(-c2ccc(F)cc2)c1CC[C@H](O)/C=C(\O)CC(=O)O. The number of aliphatic hydroxyl groups excluding tert-OH is 2. The van der Waals surface area contributed by atoms with Crippen molar-refractivity contribution >= 4 is 21.9 Å². The molecule has 9 nitrogen and oxygen atoms in total. The Morgan fingerprint density at radius 3 is 2.30 bits per heavy atom. The quantitative estimate of drug-likeness (QED) is 0.440. The van der Waals surface area contributed by atoms with E-state index in [9.17, 15) is 27.8 Å². The van der Waals surface area contributed by atoms with E-state index in [2.05, 4.69) is 9.97 Å². The summed E-state index contributed by atoms with van der Waals surface area (Å²) in [5.41, 5.74) is 2.12. The molecule has 0 aliphatic rings. The Kier molecular flexibility index (Phi) is 8.51. The van der Waals surface area contributed by atoms with Crippen LogP contribution in [-0.4, -0.2) is 59.1 Å². The third kappa shape index (κ3) is 7.22. The first-order valence-electron chi connectivity index (χ1n) is 10.2. The lowest BCUT2D eigenvalue weighted by Gasteiger charge is -2.22. The summed E-state index contributed by atoms with van der Waals surface area (Å²) in [7, 11) is -2.31. The monoisotopic (exact) mass is 481 g/mol. The highest BCUT2D eigenvalue weighted by atomic mass is 32.2. The van der Waals surface area contributed by atoms with Crippen LogP contribution in [0, 0.1) is 5.82 Å². The Labute approximate surface area is 192 Å². The van der Waals surface area contributed by atoms with E-state index in [4.69, 9.17) is 5.11 Å². The van der Waals surface area contributed by atoms with Crippen molar-refractivity contribution < 1.29 is 32.9 Å². The van der Waals surface area contributed by atoms with E-state index >= 15 is 0 Å². The lowest BCUT2D eigenvalue weighted by Crippen LogP contribution is -2.28. The molecule has 0 aliphatic heterocycles. The van der Waals surface area contributed by atoms with Crippen LogP contribution >= 0.6 is 0 Å². The molecule has 0 saturated carbocycles. The van der Waals surface area contributed by atoms with E-state index in [1.165, 1.54) is 31.3 Å². The van der Waals surface area contributed by atoms with Gasteiger partial charge in [-0.2, -0.15) is 0 Å². The number of carboxylic acid groups (broad SMARTS) is 1. The smallest absolute Gasteiger partial charge is 0.311 e. The number of carbonyl (C=O) groups is 1. The van der Waals surface area contributed by atoms with Gasteiger partial charge in [-0.15, -0.1) is 0 Å². The first-order valence-corrected chi connectivity index (χ1v) is 12.0. The fraction of sp³-hybridized carbons (Fsp3) is 0.409. The molecule has 2 aromatic rings. The number of anilines is 1. The summed E-state index contributed by atoms with van der Waals surface area (Å²) in [5, 5.41) is 28.7. The molecule has 0 unspecified atom stereocenters. The van der Waals surface area contributed by atoms with Gasteiger partial charge < -0.3 is 15.3 Å². The van der Waals surface area contributed by atoms with E-state index in [-0.39, 0.29) is 24.7 Å². The van der Waals surface area contributed by atoms with Gasteiger partial charge in [-0.3, -0.25) is 4.79 Å². The Hall–Kier alpha value is -3.05. The van der Waals surface area contributed by atoms with Crippen molar-refractivity contribution in [1.82, 2.24) is 9.97 Å². The predicted octanol–water partition coefficient (Wildman–Crippen LogP) is 3.01. The normalized spacial score (nSPS) is 13.2. The summed E-state index contributed by atoms with van der Waals surface area (Å²) >= 11 is 0. The van der Waals surface area contributed by atoms with E-state index in [0.29, 0.717) is 22.5 Å². The number of aliphatic hydroxyl groups is 2. The van der Waals surface area contributed by atoms with Gasteiger partial charge in [0.15, 0.2) is 0 Å². The van der Waals surface area contributed by atoms with Gasteiger partial charge in [0.25, 0.3) is 0 Å². The van der Waals surface area contributed by atoms with Crippen LogP contribution in [-0.2, 0) is 21.2 Å². The third-order valence-electron chi connectivity index (χ3n) is 4.88. The van der Waals surface area contributed by atoms with E-state index < -0.39 is 40.1 Å². The molecule has 0 fully saturated rings. The molecule has 0 aliphatic carbocycles. The molecule has 33 heavy (non-hydrogen) atoms. The van der Waals surface area contributed by atoms with E-state index in [1.807, 2.05) is 13.8 Å². The van der Waals surface area contributed by atoms with Gasteiger partial charge in [0, 0.05) is 18.2 Å². The Balaban J connectivity index is 2.57. The summed E-state index contributed by atoms with van der Waals surface area (Å²) < 4.78 is 38.6. The van der Waals surface area contributed by atoms with Gasteiger partial charge in [-0.25, -0.2) is 27.1 Å². The van der Waals surface area contributed by atoms with Crippen LogP contribution in [0.1, 0.15) is 43.9 Å². The maximum atomic E-state index is 13.5. The second-order valence-corrected chi connectivity index (χ2v) is 9.98. The fourth-order valence-corrected chi connectivity index (χ4v) is 3.54. The van der Waals surface area contributed by atoms with Crippen LogP contribution in [0.25, 0.3) is 11.3 Å². The molecule has 2 rings (SSSR count). The highest BCUT2D eigenvalue weighted by molar-refractivity contribution is 7.92. The Bertz CT molecular complexity index is 1130. The molecular weight excluding hydrogens is 453 g/mol. The molecule has 0 saturated heterocycles. The van der Waals surface area contributed by atoms with E-state index in [1.54, 1.807) is 0 Å². The Morgan fingerprint density at radius 2 is 1.79 bits per heavy atom. The van der Waals surface area contributed by atoms with Gasteiger partial charge in [0.1, 0.15) is 18.0 Å². The third-order valence-corrected chi connectivity index (χ3v) is 6.04. The zero-order chi connectivity index (χ0) is 24.9. The second-order valence-electron chi connectivity index (χ2n) is 7.96. The lowest BCUT2D eigenvalue weighted by atomic mass is 9.94. The molecule has 0 radical (unpaired) electrons. The van der Waals surface area contributed by atoms with Gasteiger partial charge in [-0.1, -0.05) is 13.8 Å². The number of aromatic nitrogens is 2. The van der Waals surface area contributed by atoms with Crippen LogP contribution in [0.2, 0.25) is 0 Å². The first kappa shape index (κ1) is 26.2. The highest BCUT2D eigenvalue weighted by Crippen LogP contribution is 2.31.